The lowest BCUT2D eigenvalue weighted by Gasteiger charge is -2.26. The van der Waals surface area contributed by atoms with E-state index < -0.39 is 0 Å². The van der Waals surface area contributed by atoms with Crippen LogP contribution >= 0.6 is 12.2 Å². The Morgan fingerprint density at radius 1 is 1.32 bits per heavy atom. The van der Waals surface area contributed by atoms with Crippen molar-refractivity contribution in [2.75, 3.05) is 6.54 Å². The lowest BCUT2D eigenvalue weighted by molar-refractivity contribution is -0.132. The highest BCUT2D eigenvalue weighted by Gasteiger charge is 2.16. The van der Waals surface area contributed by atoms with Crippen LogP contribution in [0.5, 0.6) is 0 Å². The Kier molecular flexibility index (Phi) is 6.50. The normalized spacial score (nSPS) is 10.5. The zero-order chi connectivity index (χ0) is 14.3. The molecule has 2 N–H and O–H groups in total. The summed E-state index contributed by atoms with van der Waals surface area (Å²) in [6.07, 6.45) is 2.31. The van der Waals surface area contributed by atoms with Crippen molar-refractivity contribution >= 4 is 23.1 Å². The van der Waals surface area contributed by atoms with Gasteiger partial charge in [-0.05, 0) is 32.3 Å². The molecule has 0 heterocycles. The van der Waals surface area contributed by atoms with E-state index in [9.17, 15) is 4.79 Å². The third kappa shape index (κ3) is 5.83. The Morgan fingerprint density at radius 3 is 2.47 bits per heavy atom. The summed E-state index contributed by atoms with van der Waals surface area (Å²) in [6, 6.07) is 10.3. The van der Waals surface area contributed by atoms with Gasteiger partial charge in [0.1, 0.15) is 0 Å². The lowest BCUT2D eigenvalue weighted by atomic mass is 10.1. The molecule has 0 fully saturated rings. The Balaban J connectivity index is 2.42. The Hall–Kier alpha value is -1.42. The molecule has 0 spiro atoms. The summed E-state index contributed by atoms with van der Waals surface area (Å²) in [6.45, 7) is 4.33. The number of amides is 1. The van der Waals surface area contributed by atoms with Crippen LogP contribution in [-0.2, 0) is 11.2 Å². The summed E-state index contributed by atoms with van der Waals surface area (Å²) in [5.41, 5.74) is 6.79. The molecule has 3 nitrogen and oxygen atoms in total. The second kappa shape index (κ2) is 7.89. The third-order valence-corrected chi connectivity index (χ3v) is 3.10. The third-order valence-electron chi connectivity index (χ3n) is 2.97. The molecule has 0 aliphatic carbocycles. The maximum Gasteiger partial charge on any atom is 0.223 e. The van der Waals surface area contributed by atoms with Crippen molar-refractivity contribution < 1.29 is 4.79 Å². The molecule has 1 aromatic carbocycles. The van der Waals surface area contributed by atoms with E-state index in [1.54, 1.807) is 4.90 Å². The van der Waals surface area contributed by atoms with Crippen LogP contribution in [-0.4, -0.2) is 28.4 Å². The molecule has 0 bridgehead atoms. The van der Waals surface area contributed by atoms with Crippen LogP contribution in [0.2, 0.25) is 0 Å². The average Bonchev–Trinajstić information content (AvgIpc) is 2.36. The topological polar surface area (TPSA) is 46.3 Å². The van der Waals surface area contributed by atoms with Crippen molar-refractivity contribution in [3.8, 4) is 0 Å². The summed E-state index contributed by atoms with van der Waals surface area (Å²) in [5.74, 6) is 0.124. The molecule has 0 radical (unpaired) electrons. The Morgan fingerprint density at radius 2 is 1.95 bits per heavy atom. The predicted octanol–water partition coefficient (Wildman–Crippen LogP) is 2.53. The van der Waals surface area contributed by atoms with E-state index >= 15 is 0 Å². The van der Waals surface area contributed by atoms with Crippen LogP contribution in [0.4, 0.5) is 0 Å². The average molecular weight is 278 g/mol. The summed E-state index contributed by atoms with van der Waals surface area (Å²) < 4.78 is 0. The second-order valence-electron chi connectivity index (χ2n) is 4.92. The molecule has 0 saturated heterocycles. The van der Waals surface area contributed by atoms with Gasteiger partial charge in [0.15, 0.2) is 0 Å². The first-order valence-electron chi connectivity index (χ1n) is 6.62. The number of carbonyl (C=O) groups is 1. The molecule has 19 heavy (non-hydrogen) atoms. The molecule has 104 valence electrons. The molecule has 0 atom stereocenters. The number of benzene rings is 1. The molecule has 4 heteroatoms. The molecular weight excluding hydrogens is 256 g/mol. The largest absolute Gasteiger partial charge is 0.392 e. The number of hydrogen-bond donors (Lipinski definition) is 1. The first kappa shape index (κ1) is 15.6. The molecule has 1 rings (SSSR count). The number of carbonyl (C=O) groups excluding carboxylic acids is 1. The number of rotatable bonds is 7. The van der Waals surface area contributed by atoms with Crippen LogP contribution in [0.1, 0.15) is 32.3 Å². The van der Waals surface area contributed by atoms with Crippen molar-refractivity contribution in [2.24, 2.45) is 5.73 Å². The molecule has 0 aliphatic rings. The zero-order valence-corrected chi connectivity index (χ0v) is 12.5. The molecule has 0 unspecified atom stereocenters. The first-order chi connectivity index (χ1) is 9.00. The lowest BCUT2D eigenvalue weighted by Crippen LogP contribution is -2.42. The molecule has 1 amide bonds. The van der Waals surface area contributed by atoms with Crippen LogP contribution in [0.15, 0.2) is 30.3 Å². The SMILES string of the molecule is CC(C)N(CC(N)=S)C(=O)CCCc1ccccc1. The van der Waals surface area contributed by atoms with E-state index in [-0.39, 0.29) is 11.9 Å². The van der Waals surface area contributed by atoms with E-state index in [1.165, 1.54) is 5.56 Å². The molecule has 1 aromatic rings. The summed E-state index contributed by atoms with van der Waals surface area (Å²) in [5, 5.41) is 0. The van der Waals surface area contributed by atoms with Gasteiger partial charge in [0.05, 0.1) is 11.5 Å². The molecule has 0 aromatic heterocycles. The Labute approximate surface area is 120 Å². The van der Waals surface area contributed by atoms with Gasteiger partial charge in [0.25, 0.3) is 0 Å². The van der Waals surface area contributed by atoms with E-state index in [0.717, 1.165) is 12.8 Å². The maximum atomic E-state index is 12.1. The predicted molar refractivity (Wildman–Crippen MR) is 83.0 cm³/mol. The van der Waals surface area contributed by atoms with Gasteiger partial charge >= 0.3 is 0 Å². The van der Waals surface area contributed by atoms with Gasteiger partial charge in [-0.2, -0.15) is 0 Å². The van der Waals surface area contributed by atoms with E-state index in [1.807, 2.05) is 32.0 Å². The van der Waals surface area contributed by atoms with Gasteiger partial charge < -0.3 is 10.6 Å². The number of nitrogens with zero attached hydrogens (tertiary/aromatic N) is 1. The first-order valence-corrected chi connectivity index (χ1v) is 7.03. The highest BCUT2D eigenvalue weighted by molar-refractivity contribution is 7.80. The zero-order valence-electron chi connectivity index (χ0n) is 11.6. The minimum atomic E-state index is 0.124. The van der Waals surface area contributed by atoms with Crippen molar-refractivity contribution in [1.29, 1.82) is 0 Å². The molecule has 0 aliphatic heterocycles. The second-order valence-corrected chi connectivity index (χ2v) is 5.45. The van der Waals surface area contributed by atoms with Crippen LogP contribution in [0, 0.1) is 0 Å². The van der Waals surface area contributed by atoms with Crippen LogP contribution < -0.4 is 5.73 Å². The van der Waals surface area contributed by atoms with E-state index in [0.29, 0.717) is 18.0 Å². The van der Waals surface area contributed by atoms with Crippen molar-refractivity contribution in [1.82, 2.24) is 4.90 Å². The highest BCUT2D eigenvalue weighted by Crippen LogP contribution is 2.08. The summed E-state index contributed by atoms with van der Waals surface area (Å²) in [7, 11) is 0. The van der Waals surface area contributed by atoms with Crippen molar-refractivity contribution in [2.45, 2.75) is 39.2 Å². The Bertz CT molecular complexity index is 417. The minimum absolute atomic E-state index is 0.124. The highest BCUT2D eigenvalue weighted by atomic mass is 32.1. The summed E-state index contributed by atoms with van der Waals surface area (Å²) in [4.78, 5) is 14.2. The van der Waals surface area contributed by atoms with Crippen molar-refractivity contribution in [3.63, 3.8) is 0 Å². The maximum absolute atomic E-state index is 12.1. The fourth-order valence-corrected chi connectivity index (χ4v) is 2.10. The van der Waals surface area contributed by atoms with Crippen molar-refractivity contribution in [3.05, 3.63) is 35.9 Å². The fraction of sp³-hybridized carbons (Fsp3) is 0.467. The standard InChI is InChI=1S/C15H22N2OS/c1-12(2)17(11-14(16)19)15(18)10-6-9-13-7-4-3-5-8-13/h3-5,7-8,12H,6,9-11H2,1-2H3,(H2,16,19). The van der Waals surface area contributed by atoms with Gasteiger partial charge in [-0.3, -0.25) is 4.79 Å². The quantitative estimate of drug-likeness (QED) is 0.780. The summed E-state index contributed by atoms with van der Waals surface area (Å²) >= 11 is 4.88. The number of aryl methyl sites for hydroxylation is 1. The number of hydrogen-bond acceptors (Lipinski definition) is 2. The van der Waals surface area contributed by atoms with Gasteiger partial charge in [0.2, 0.25) is 5.91 Å². The molecule has 0 saturated carbocycles. The fourth-order valence-electron chi connectivity index (χ4n) is 1.96. The molecular formula is C15H22N2OS. The monoisotopic (exact) mass is 278 g/mol. The smallest absolute Gasteiger partial charge is 0.223 e. The van der Waals surface area contributed by atoms with Crippen LogP contribution in [0.25, 0.3) is 0 Å². The number of nitrogens with two attached hydrogens (primary N) is 1. The van der Waals surface area contributed by atoms with Gasteiger partial charge in [-0.15, -0.1) is 0 Å². The van der Waals surface area contributed by atoms with Gasteiger partial charge in [0, 0.05) is 12.5 Å². The van der Waals surface area contributed by atoms with E-state index in [4.69, 9.17) is 18.0 Å². The van der Waals surface area contributed by atoms with Gasteiger partial charge in [-0.1, -0.05) is 42.5 Å². The number of thiocarbonyl (C=S) groups is 1. The van der Waals surface area contributed by atoms with E-state index in [2.05, 4.69) is 12.1 Å². The van der Waals surface area contributed by atoms with Gasteiger partial charge in [-0.25, -0.2) is 0 Å². The van der Waals surface area contributed by atoms with Crippen LogP contribution in [0.3, 0.4) is 0 Å². The minimum Gasteiger partial charge on any atom is -0.392 e.